The molecule has 0 aliphatic heterocycles. The Morgan fingerprint density at radius 2 is 2.05 bits per heavy atom. The summed E-state index contributed by atoms with van der Waals surface area (Å²) in [4.78, 5) is 4.32. The summed E-state index contributed by atoms with van der Waals surface area (Å²) in [7, 11) is 3.27. The maximum absolute atomic E-state index is 5.81. The van der Waals surface area contributed by atoms with E-state index in [9.17, 15) is 0 Å². The predicted molar refractivity (Wildman–Crippen MR) is 81.9 cm³/mol. The lowest BCUT2D eigenvalue weighted by Crippen LogP contribution is -2.24. The van der Waals surface area contributed by atoms with E-state index in [1.54, 1.807) is 20.4 Å². The third-order valence-corrected chi connectivity index (χ3v) is 3.12. The van der Waals surface area contributed by atoms with Crippen molar-refractivity contribution in [2.75, 3.05) is 20.8 Å². The highest BCUT2D eigenvalue weighted by atomic mass is 16.5. The molecule has 0 fully saturated rings. The molecule has 0 saturated carbocycles. The maximum atomic E-state index is 5.81. The Morgan fingerprint density at radius 3 is 2.71 bits per heavy atom. The summed E-state index contributed by atoms with van der Waals surface area (Å²) in [6, 6.07) is 6.05. The number of aromatic nitrogens is 1. The Kier molecular flexibility index (Phi) is 5.22. The van der Waals surface area contributed by atoms with E-state index in [1.807, 2.05) is 18.2 Å². The standard InChI is InChI=1S/C16H22N2O3/c1-11(2)17-8-7-16-18-10-15(21-16)13-9-12(19-3)5-6-14(13)20-4/h5-6,9-11,17H,7-8H2,1-4H3. The number of ether oxygens (including phenoxy) is 2. The first-order valence-electron chi connectivity index (χ1n) is 7.04. The highest BCUT2D eigenvalue weighted by Crippen LogP contribution is 2.33. The fraction of sp³-hybridized carbons (Fsp3) is 0.438. The average Bonchev–Trinajstić information content (AvgIpc) is 2.95. The first-order valence-corrected chi connectivity index (χ1v) is 7.04. The van der Waals surface area contributed by atoms with Gasteiger partial charge in [-0.1, -0.05) is 13.8 Å². The molecule has 0 atom stereocenters. The molecule has 1 aromatic carbocycles. The van der Waals surface area contributed by atoms with Gasteiger partial charge in [-0.2, -0.15) is 0 Å². The molecule has 114 valence electrons. The van der Waals surface area contributed by atoms with Crippen LogP contribution in [0, 0.1) is 0 Å². The number of rotatable bonds is 7. The molecule has 5 heteroatoms. The summed E-state index contributed by atoms with van der Waals surface area (Å²) in [5.74, 6) is 2.89. The first-order chi connectivity index (χ1) is 10.1. The van der Waals surface area contributed by atoms with Crippen molar-refractivity contribution in [3.63, 3.8) is 0 Å². The number of hydrogen-bond donors (Lipinski definition) is 1. The zero-order chi connectivity index (χ0) is 15.2. The van der Waals surface area contributed by atoms with Gasteiger partial charge in [0.25, 0.3) is 0 Å². The van der Waals surface area contributed by atoms with Gasteiger partial charge < -0.3 is 19.2 Å². The van der Waals surface area contributed by atoms with Crippen LogP contribution in [0.1, 0.15) is 19.7 Å². The van der Waals surface area contributed by atoms with Crippen LogP contribution in [0.15, 0.2) is 28.8 Å². The van der Waals surface area contributed by atoms with Gasteiger partial charge in [-0.3, -0.25) is 0 Å². The number of oxazole rings is 1. The van der Waals surface area contributed by atoms with Crippen LogP contribution in [0.5, 0.6) is 11.5 Å². The Hall–Kier alpha value is -2.01. The molecular formula is C16H22N2O3. The first kappa shape index (κ1) is 15.4. The van der Waals surface area contributed by atoms with Crippen LogP contribution in [-0.4, -0.2) is 31.8 Å². The molecule has 0 aliphatic rings. The summed E-state index contributed by atoms with van der Waals surface area (Å²) in [5.41, 5.74) is 0.840. The number of nitrogens with one attached hydrogen (secondary N) is 1. The van der Waals surface area contributed by atoms with Gasteiger partial charge in [0.2, 0.25) is 0 Å². The second-order valence-electron chi connectivity index (χ2n) is 5.04. The fourth-order valence-electron chi connectivity index (χ4n) is 2.02. The predicted octanol–water partition coefficient (Wildman–Crippen LogP) is 2.90. The molecule has 0 radical (unpaired) electrons. The number of methoxy groups -OCH3 is 2. The van der Waals surface area contributed by atoms with Crippen molar-refractivity contribution < 1.29 is 13.9 Å². The van der Waals surface area contributed by atoms with Gasteiger partial charge in [0.05, 0.1) is 26.0 Å². The van der Waals surface area contributed by atoms with Crippen LogP contribution in [0.2, 0.25) is 0 Å². The third kappa shape index (κ3) is 3.98. The molecule has 21 heavy (non-hydrogen) atoms. The molecule has 2 rings (SSSR count). The number of benzene rings is 1. The van der Waals surface area contributed by atoms with Gasteiger partial charge in [0.1, 0.15) is 11.5 Å². The number of hydrogen-bond acceptors (Lipinski definition) is 5. The molecule has 0 aliphatic carbocycles. The average molecular weight is 290 g/mol. The lowest BCUT2D eigenvalue weighted by molar-refractivity contribution is 0.402. The van der Waals surface area contributed by atoms with Crippen molar-refractivity contribution >= 4 is 0 Å². The molecule has 0 saturated heterocycles. The molecular weight excluding hydrogens is 268 g/mol. The molecule has 2 aromatic rings. The van der Waals surface area contributed by atoms with Gasteiger partial charge in [-0.25, -0.2) is 4.98 Å². The second-order valence-corrected chi connectivity index (χ2v) is 5.04. The lowest BCUT2D eigenvalue weighted by atomic mass is 10.1. The normalized spacial score (nSPS) is 10.9. The van der Waals surface area contributed by atoms with E-state index in [-0.39, 0.29) is 0 Å². The molecule has 5 nitrogen and oxygen atoms in total. The highest BCUT2D eigenvalue weighted by Gasteiger charge is 2.13. The smallest absolute Gasteiger partial charge is 0.196 e. The Labute approximate surface area is 125 Å². The van der Waals surface area contributed by atoms with Crippen molar-refractivity contribution in [3.05, 3.63) is 30.3 Å². The van der Waals surface area contributed by atoms with E-state index in [4.69, 9.17) is 13.9 Å². The summed E-state index contributed by atoms with van der Waals surface area (Å²) >= 11 is 0. The molecule has 0 unspecified atom stereocenters. The highest BCUT2D eigenvalue weighted by molar-refractivity contribution is 5.67. The van der Waals surface area contributed by atoms with Gasteiger partial charge in [-0.05, 0) is 18.2 Å². The largest absolute Gasteiger partial charge is 0.497 e. The molecule has 0 bridgehead atoms. The fourth-order valence-corrected chi connectivity index (χ4v) is 2.02. The number of nitrogens with zero attached hydrogens (tertiary/aromatic N) is 1. The lowest BCUT2D eigenvalue weighted by Gasteiger charge is -2.08. The van der Waals surface area contributed by atoms with Crippen LogP contribution >= 0.6 is 0 Å². The zero-order valence-electron chi connectivity index (χ0n) is 13.0. The van der Waals surface area contributed by atoms with Crippen molar-refractivity contribution in [3.8, 4) is 22.8 Å². The van der Waals surface area contributed by atoms with Crippen LogP contribution in [0.25, 0.3) is 11.3 Å². The van der Waals surface area contributed by atoms with Gasteiger partial charge in [-0.15, -0.1) is 0 Å². The van der Waals surface area contributed by atoms with Crippen LogP contribution < -0.4 is 14.8 Å². The zero-order valence-corrected chi connectivity index (χ0v) is 13.0. The SMILES string of the molecule is COc1ccc(OC)c(-c2cnc(CCNC(C)C)o2)c1. The van der Waals surface area contributed by atoms with Crippen LogP contribution in [0.4, 0.5) is 0 Å². The molecule has 0 spiro atoms. The van der Waals surface area contributed by atoms with E-state index in [0.717, 1.165) is 30.0 Å². The minimum atomic E-state index is 0.456. The maximum Gasteiger partial charge on any atom is 0.196 e. The molecule has 1 heterocycles. The van der Waals surface area contributed by atoms with E-state index in [2.05, 4.69) is 24.1 Å². The van der Waals surface area contributed by atoms with Crippen molar-refractivity contribution in [2.24, 2.45) is 0 Å². The van der Waals surface area contributed by atoms with Gasteiger partial charge in [0, 0.05) is 19.0 Å². The van der Waals surface area contributed by atoms with E-state index >= 15 is 0 Å². The van der Waals surface area contributed by atoms with Crippen LogP contribution in [-0.2, 0) is 6.42 Å². The quantitative estimate of drug-likeness (QED) is 0.849. The van der Waals surface area contributed by atoms with Crippen molar-refractivity contribution in [2.45, 2.75) is 26.3 Å². The van der Waals surface area contributed by atoms with Crippen LogP contribution in [0.3, 0.4) is 0 Å². The summed E-state index contributed by atoms with van der Waals surface area (Å²) in [6.45, 7) is 5.07. The van der Waals surface area contributed by atoms with Crippen molar-refractivity contribution in [1.29, 1.82) is 0 Å². The van der Waals surface area contributed by atoms with E-state index in [1.165, 1.54) is 0 Å². The molecule has 1 N–H and O–H groups in total. The van der Waals surface area contributed by atoms with E-state index in [0.29, 0.717) is 17.7 Å². The Morgan fingerprint density at radius 1 is 1.24 bits per heavy atom. The topological polar surface area (TPSA) is 56.5 Å². The van der Waals surface area contributed by atoms with Crippen molar-refractivity contribution in [1.82, 2.24) is 10.3 Å². The second kappa shape index (κ2) is 7.13. The third-order valence-electron chi connectivity index (χ3n) is 3.12. The monoisotopic (exact) mass is 290 g/mol. The summed E-state index contributed by atoms with van der Waals surface area (Å²) in [5, 5.41) is 3.34. The Balaban J connectivity index is 2.16. The van der Waals surface area contributed by atoms with E-state index < -0.39 is 0 Å². The van der Waals surface area contributed by atoms with Gasteiger partial charge in [0.15, 0.2) is 11.7 Å². The summed E-state index contributed by atoms with van der Waals surface area (Å²) < 4.78 is 16.4. The Bertz CT molecular complexity index is 579. The summed E-state index contributed by atoms with van der Waals surface area (Å²) in [6.07, 6.45) is 2.48. The minimum absolute atomic E-state index is 0.456. The molecule has 1 aromatic heterocycles. The van der Waals surface area contributed by atoms with Gasteiger partial charge >= 0.3 is 0 Å². The molecule has 0 amide bonds. The minimum Gasteiger partial charge on any atom is -0.497 e.